The Balaban J connectivity index is 2.00. The maximum atomic E-state index is 6.03. The molecule has 0 spiro atoms. The zero-order valence-electron chi connectivity index (χ0n) is 9.87. The van der Waals surface area contributed by atoms with Crippen LogP contribution in [-0.4, -0.2) is 43.3 Å². The van der Waals surface area contributed by atoms with Gasteiger partial charge in [-0.1, -0.05) is 6.92 Å². The van der Waals surface area contributed by atoms with Gasteiger partial charge in [-0.2, -0.15) is 0 Å². The number of hydrogen-bond acceptors (Lipinski definition) is 3. The van der Waals surface area contributed by atoms with Crippen LogP contribution in [0.15, 0.2) is 0 Å². The van der Waals surface area contributed by atoms with E-state index in [0.29, 0.717) is 5.54 Å². The molecule has 15 heavy (non-hydrogen) atoms. The molecule has 0 amide bonds. The molecule has 0 unspecified atom stereocenters. The number of nitrogens with zero attached hydrogens (tertiary/aromatic N) is 1. The van der Waals surface area contributed by atoms with Gasteiger partial charge < -0.3 is 10.5 Å². The Hall–Kier alpha value is -0.120. The third kappa shape index (κ3) is 2.35. The molecule has 1 saturated heterocycles. The summed E-state index contributed by atoms with van der Waals surface area (Å²) in [6, 6.07) is 0. The molecule has 3 heteroatoms. The quantitative estimate of drug-likeness (QED) is 0.748. The highest BCUT2D eigenvalue weighted by Gasteiger charge is 2.38. The van der Waals surface area contributed by atoms with Crippen LogP contribution >= 0.6 is 0 Å². The van der Waals surface area contributed by atoms with Crippen LogP contribution in [0.2, 0.25) is 0 Å². The van der Waals surface area contributed by atoms with Gasteiger partial charge in [0.05, 0.1) is 13.2 Å². The molecular weight excluding hydrogens is 188 g/mol. The van der Waals surface area contributed by atoms with Gasteiger partial charge in [0.2, 0.25) is 0 Å². The summed E-state index contributed by atoms with van der Waals surface area (Å²) < 4.78 is 5.42. The molecule has 0 atom stereocenters. The van der Waals surface area contributed by atoms with E-state index < -0.39 is 0 Å². The number of ether oxygens (including phenoxy) is 1. The van der Waals surface area contributed by atoms with Crippen molar-refractivity contribution in [2.24, 2.45) is 11.7 Å². The van der Waals surface area contributed by atoms with Crippen LogP contribution in [0.1, 0.15) is 32.6 Å². The fourth-order valence-electron chi connectivity index (χ4n) is 2.99. The summed E-state index contributed by atoms with van der Waals surface area (Å²) >= 11 is 0. The highest BCUT2D eigenvalue weighted by molar-refractivity contribution is 4.95. The standard InChI is InChI=1S/C12H24N2O/c1-11-2-4-12(10-13,5-3-11)14-6-8-15-9-7-14/h11H,2-10,13H2,1H3. The van der Waals surface area contributed by atoms with Crippen molar-refractivity contribution in [3.8, 4) is 0 Å². The number of rotatable bonds is 2. The lowest BCUT2D eigenvalue weighted by Crippen LogP contribution is -2.58. The molecule has 0 bridgehead atoms. The number of nitrogens with two attached hydrogens (primary N) is 1. The third-order valence-electron chi connectivity index (χ3n) is 4.27. The lowest BCUT2D eigenvalue weighted by atomic mass is 9.76. The van der Waals surface area contributed by atoms with Crippen LogP contribution in [0.3, 0.4) is 0 Å². The van der Waals surface area contributed by atoms with Gasteiger partial charge in [0, 0.05) is 25.2 Å². The van der Waals surface area contributed by atoms with Gasteiger partial charge in [-0.05, 0) is 31.6 Å². The van der Waals surface area contributed by atoms with Crippen LogP contribution in [0, 0.1) is 5.92 Å². The first kappa shape index (κ1) is 11.4. The van der Waals surface area contributed by atoms with Crippen LogP contribution in [0.25, 0.3) is 0 Å². The Morgan fingerprint density at radius 3 is 2.40 bits per heavy atom. The van der Waals surface area contributed by atoms with Gasteiger partial charge in [-0.25, -0.2) is 0 Å². The van der Waals surface area contributed by atoms with Gasteiger partial charge in [0.25, 0.3) is 0 Å². The summed E-state index contributed by atoms with van der Waals surface area (Å²) in [5.41, 5.74) is 6.33. The maximum Gasteiger partial charge on any atom is 0.0594 e. The molecular formula is C12H24N2O. The molecule has 3 nitrogen and oxygen atoms in total. The van der Waals surface area contributed by atoms with E-state index in [0.717, 1.165) is 38.8 Å². The van der Waals surface area contributed by atoms with Crippen molar-refractivity contribution < 1.29 is 4.74 Å². The zero-order chi connectivity index (χ0) is 10.7. The lowest BCUT2D eigenvalue weighted by molar-refractivity contribution is -0.0380. The van der Waals surface area contributed by atoms with Gasteiger partial charge in [0.15, 0.2) is 0 Å². The van der Waals surface area contributed by atoms with Crippen LogP contribution in [0.5, 0.6) is 0 Å². The summed E-state index contributed by atoms with van der Waals surface area (Å²) in [5.74, 6) is 0.894. The molecule has 2 fully saturated rings. The molecule has 0 aromatic carbocycles. The van der Waals surface area contributed by atoms with E-state index in [4.69, 9.17) is 10.5 Å². The second-order valence-corrected chi connectivity index (χ2v) is 5.21. The van der Waals surface area contributed by atoms with E-state index in [2.05, 4.69) is 11.8 Å². The Bertz CT molecular complexity index is 194. The molecule has 1 aliphatic carbocycles. The minimum atomic E-state index is 0.302. The van der Waals surface area contributed by atoms with E-state index >= 15 is 0 Å². The van der Waals surface area contributed by atoms with Gasteiger partial charge in [0.1, 0.15) is 0 Å². The monoisotopic (exact) mass is 212 g/mol. The first-order chi connectivity index (χ1) is 7.27. The molecule has 1 aliphatic heterocycles. The first-order valence-electron chi connectivity index (χ1n) is 6.30. The summed E-state index contributed by atoms with van der Waals surface area (Å²) in [6.45, 7) is 7.10. The molecule has 2 N–H and O–H groups in total. The smallest absolute Gasteiger partial charge is 0.0594 e. The second kappa shape index (κ2) is 4.81. The van der Waals surface area contributed by atoms with E-state index in [-0.39, 0.29) is 0 Å². The van der Waals surface area contributed by atoms with E-state index in [1.165, 1.54) is 25.7 Å². The van der Waals surface area contributed by atoms with E-state index in [1.54, 1.807) is 0 Å². The topological polar surface area (TPSA) is 38.5 Å². The average molecular weight is 212 g/mol. The largest absolute Gasteiger partial charge is 0.379 e. The molecule has 2 rings (SSSR count). The SMILES string of the molecule is CC1CCC(CN)(N2CCOCC2)CC1. The Morgan fingerprint density at radius 2 is 1.87 bits per heavy atom. The fourth-order valence-corrected chi connectivity index (χ4v) is 2.99. The number of hydrogen-bond donors (Lipinski definition) is 1. The first-order valence-corrected chi connectivity index (χ1v) is 6.30. The van der Waals surface area contributed by atoms with Gasteiger partial charge in [-0.15, -0.1) is 0 Å². The summed E-state index contributed by atoms with van der Waals surface area (Å²) in [4.78, 5) is 2.59. The molecule has 1 heterocycles. The van der Waals surface area contributed by atoms with E-state index in [1.807, 2.05) is 0 Å². The highest BCUT2D eigenvalue weighted by atomic mass is 16.5. The van der Waals surface area contributed by atoms with Crippen LogP contribution < -0.4 is 5.73 Å². The molecule has 0 radical (unpaired) electrons. The molecule has 1 saturated carbocycles. The average Bonchev–Trinajstić information content (AvgIpc) is 2.32. The minimum absolute atomic E-state index is 0.302. The van der Waals surface area contributed by atoms with Crippen molar-refractivity contribution in [1.29, 1.82) is 0 Å². The van der Waals surface area contributed by atoms with Crippen molar-refractivity contribution in [3.63, 3.8) is 0 Å². The predicted octanol–water partition coefficient (Wildman–Crippen LogP) is 1.23. The van der Waals surface area contributed by atoms with Crippen LogP contribution in [0.4, 0.5) is 0 Å². The normalized spacial score (nSPS) is 39.2. The zero-order valence-corrected chi connectivity index (χ0v) is 9.87. The van der Waals surface area contributed by atoms with Crippen molar-refractivity contribution >= 4 is 0 Å². The molecule has 0 aromatic rings. The Morgan fingerprint density at radius 1 is 1.27 bits per heavy atom. The van der Waals surface area contributed by atoms with Crippen LogP contribution in [-0.2, 0) is 4.74 Å². The fraction of sp³-hybridized carbons (Fsp3) is 1.00. The van der Waals surface area contributed by atoms with Crippen molar-refractivity contribution in [2.75, 3.05) is 32.8 Å². The maximum absolute atomic E-state index is 6.03. The number of morpholine rings is 1. The minimum Gasteiger partial charge on any atom is -0.379 e. The molecule has 0 aromatic heterocycles. The van der Waals surface area contributed by atoms with Gasteiger partial charge in [-0.3, -0.25) is 4.90 Å². The predicted molar refractivity (Wildman–Crippen MR) is 61.8 cm³/mol. The van der Waals surface area contributed by atoms with Crippen molar-refractivity contribution in [3.05, 3.63) is 0 Å². The van der Waals surface area contributed by atoms with E-state index in [9.17, 15) is 0 Å². The Kier molecular flexibility index (Phi) is 3.65. The summed E-state index contributed by atoms with van der Waals surface area (Å²) in [7, 11) is 0. The third-order valence-corrected chi connectivity index (χ3v) is 4.27. The van der Waals surface area contributed by atoms with Crippen molar-refractivity contribution in [1.82, 2.24) is 4.90 Å². The lowest BCUT2D eigenvalue weighted by Gasteiger charge is -2.48. The Labute approximate surface area is 93.0 Å². The molecule has 2 aliphatic rings. The summed E-state index contributed by atoms with van der Waals surface area (Å²) in [5, 5.41) is 0. The summed E-state index contributed by atoms with van der Waals surface area (Å²) in [6.07, 6.45) is 5.25. The highest BCUT2D eigenvalue weighted by Crippen LogP contribution is 2.36. The molecule has 88 valence electrons. The van der Waals surface area contributed by atoms with Gasteiger partial charge >= 0.3 is 0 Å². The second-order valence-electron chi connectivity index (χ2n) is 5.21. The van der Waals surface area contributed by atoms with Crippen molar-refractivity contribution in [2.45, 2.75) is 38.1 Å².